The number of non-ortho nitro benzene ring substituents is 1. The van der Waals surface area contributed by atoms with Crippen molar-refractivity contribution in [1.82, 2.24) is 0 Å². The second-order valence-electron chi connectivity index (χ2n) is 3.83. The highest BCUT2D eigenvalue weighted by Crippen LogP contribution is 2.12. The molecule has 2 aromatic carbocycles. The van der Waals surface area contributed by atoms with Crippen LogP contribution in [0.4, 0.5) is 11.4 Å². The number of nitrogens with two attached hydrogens (primary N) is 1. The van der Waals surface area contributed by atoms with Crippen LogP contribution in [0.3, 0.4) is 0 Å². The van der Waals surface area contributed by atoms with Crippen LogP contribution >= 0.6 is 0 Å². The van der Waals surface area contributed by atoms with Gasteiger partial charge in [-0.3, -0.25) is 14.9 Å². The summed E-state index contributed by atoms with van der Waals surface area (Å²) in [7, 11) is -2.67. The van der Waals surface area contributed by atoms with E-state index in [-0.39, 0.29) is 11.3 Å². The van der Waals surface area contributed by atoms with Gasteiger partial charge in [-0.1, -0.05) is 22.6 Å². The van der Waals surface area contributed by atoms with Gasteiger partial charge in [-0.25, -0.2) is 0 Å². The van der Waals surface area contributed by atoms with Gasteiger partial charge < -0.3 is 5.73 Å². The molecule has 0 bridgehead atoms. The smallest absolute Gasteiger partial charge is 0.319 e. The molecule has 0 saturated heterocycles. The molecule has 8 nitrogen and oxygen atoms in total. The summed E-state index contributed by atoms with van der Waals surface area (Å²) in [6.07, 6.45) is 0. The van der Waals surface area contributed by atoms with Gasteiger partial charge in [0.05, 0.1) is 4.92 Å². The van der Waals surface area contributed by atoms with Gasteiger partial charge in [-0.15, -0.1) is 0 Å². The Kier molecular flexibility index (Phi) is 6.38. The summed E-state index contributed by atoms with van der Waals surface area (Å²) in [5, 5.41) is 10.1. The maximum Gasteiger partial charge on any atom is 0.319 e. The quantitative estimate of drug-likeness (QED) is 0.511. The van der Waals surface area contributed by atoms with E-state index < -0.39 is 21.3 Å². The number of carbonyl (C=O) groups excluding carboxylic acids is 1. The summed E-state index contributed by atoms with van der Waals surface area (Å²) < 4.78 is 22.8. The number of nitro groups is 1. The van der Waals surface area contributed by atoms with E-state index in [9.17, 15) is 23.3 Å². The van der Waals surface area contributed by atoms with Crippen molar-refractivity contribution in [3.05, 3.63) is 70.3 Å². The molecular weight excluding hydrogens is 310 g/mol. The minimum absolute atomic E-state index is 0.0641. The Balaban J connectivity index is 0.000000224. The summed E-state index contributed by atoms with van der Waals surface area (Å²) >= 11 is 0. The minimum atomic E-state index is -2.67. The second-order valence-corrected chi connectivity index (χ2v) is 4.45. The molecule has 2 rings (SSSR count). The molecular formula is C13H11N3O5S. The molecule has 0 aliphatic rings. The number of nitrogen functional groups attached to an aromatic ring is 1. The van der Waals surface area contributed by atoms with Crippen molar-refractivity contribution in [2.24, 2.45) is 4.36 Å². The molecule has 0 atom stereocenters. The van der Waals surface area contributed by atoms with Crippen LogP contribution in [0.15, 0.2) is 59.0 Å². The Morgan fingerprint density at radius 3 is 2.05 bits per heavy atom. The Labute approximate surface area is 127 Å². The van der Waals surface area contributed by atoms with Crippen molar-refractivity contribution in [2.75, 3.05) is 5.73 Å². The fourth-order valence-corrected chi connectivity index (χ4v) is 1.54. The van der Waals surface area contributed by atoms with Crippen molar-refractivity contribution in [1.29, 1.82) is 0 Å². The van der Waals surface area contributed by atoms with Gasteiger partial charge in [0.15, 0.2) is 0 Å². The monoisotopic (exact) mass is 321 g/mol. The van der Waals surface area contributed by atoms with E-state index in [0.29, 0.717) is 5.69 Å². The summed E-state index contributed by atoms with van der Waals surface area (Å²) in [4.78, 5) is 20.5. The van der Waals surface area contributed by atoms with Crippen LogP contribution < -0.4 is 5.73 Å². The molecule has 0 heterocycles. The van der Waals surface area contributed by atoms with Crippen LogP contribution in [0.1, 0.15) is 10.4 Å². The zero-order chi connectivity index (χ0) is 16.5. The Morgan fingerprint density at radius 2 is 1.59 bits per heavy atom. The third kappa shape index (κ3) is 5.92. The number of hydrogen-bond acceptors (Lipinski definition) is 6. The van der Waals surface area contributed by atoms with E-state index >= 15 is 0 Å². The number of nitrogens with zero attached hydrogens (tertiary/aromatic N) is 2. The molecule has 0 aliphatic heterocycles. The first-order chi connectivity index (χ1) is 10.4. The Morgan fingerprint density at radius 1 is 1.05 bits per heavy atom. The molecule has 0 spiro atoms. The van der Waals surface area contributed by atoms with E-state index in [0.717, 1.165) is 0 Å². The minimum Gasteiger partial charge on any atom is -0.399 e. The van der Waals surface area contributed by atoms with Crippen molar-refractivity contribution in [2.45, 2.75) is 0 Å². The molecule has 0 fully saturated rings. The van der Waals surface area contributed by atoms with Crippen molar-refractivity contribution in [3.8, 4) is 0 Å². The lowest BCUT2D eigenvalue weighted by atomic mass is 10.2. The third-order valence-corrected chi connectivity index (χ3v) is 2.60. The number of benzene rings is 2. The second kappa shape index (κ2) is 8.27. The maximum absolute atomic E-state index is 10.9. The van der Waals surface area contributed by atoms with Gasteiger partial charge >= 0.3 is 10.5 Å². The molecule has 114 valence electrons. The van der Waals surface area contributed by atoms with E-state index in [4.69, 9.17) is 5.73 Å². The van der Waals surface area contributed by atoms with Gasteiger partial charge in [0, 0.05) is 23.4 Å². The van der Waals surface area contributed by atoms with Gasteiger partial charge in [-0.2, -0.15) is 8.42 Å². The molecule has 22 heavy (non-hydrogen) atoms. The number of anilines is 1. The molecule has 0 aliphatic carbocycles. The predicted molar refractivity (Wildman–Crippen MR) is 79.6 cm³/mol. The summed E-state index contributed by atoms with van der Waals surface area (Å²) in [6, 6.07) is 13.7. The highest BCUT2D eigenvalue weighted by molar-refractivity contribution is 7.62. The Bertz CT molecular complexity index is 778. The van der Waals surface area contributed by atoms with Crippen LogP contribution in [0.5, 0.6) is 0 Å². The van der Waals surface area contributed by atoms with Gasteiger partial charge in [0.2, 0.25) is 0 Å². The van der Waals surface area contributed by atoms with E-state index in [1.54, 1.807) is 18.2 Å². The number of hydrogen-bond donors (Lipinski definition) is 1. The maximum atomic E-state index is 10.9. The van der Waals surface area contributed by atoms with Gasteiger partial charge in [0.1, 0.15) is 0 Å². The van der Waals surface area contributed by atoms with E-state index in [1.165, 1.54) is 36.4 Å². The van der Waals surface area contributed by atoms with Gasteiger partial charge in [-0.05, 0) is 24.3 Å². The Hall–Kier alpha value is -3.07. The number of nitro benzene ring substituents is 1. The summed E-state index contributed by atoms with van der Waals surface area (Å²) in [6.45, 7) is 0. The zero-order valence-corrected chi connectivity index (χ0v) is 11.9. The SMILES string of the molecule is Nc1ccc([N+](=O)[O-])cc1.O=C(N=S(=O)=O)c1ccccc1. The molecule has 2 aromatic rings. The first-order valence-electron chi connectivity index (χ1n) is 5.80. The first kappa shape index (κ1) is 17.0. The standard InChI is InChI=1S/C7H5NO3S.C6H6N2O2/c9-7(8-12(10)11)6-4-2-1-3-5-6;7-5-1-3-6(4-2-5)8(9)10/h1-5H;1-4H,7H2. The van der Waals surface area contributed by atoms with Crippen molar-refractivity contribution in [3.63, 3.8) is 0 Å². The number of rotatable bonds is 2. The lowest BCUT2D eigenvalue weighted by Gasteiger charge is -1.90. The normalized spacial score (nSPS) is 9.09. The highest BCUT2D eigenvalue weighted by atomic mass is 32.2. The van der Waals surface area contributed by atoms with Crippen LogP contribution in [-0.4, -0.2) is 19.2 Å². The van der Waals surface area contributed by atoms with Gasteiger partial charge in [0.25, 0.3) is 11.6 Å². The third-order valence-electron chi connectivity index (χ3n) is 2.28. The van der Waals surface area contributed by atoms with Crippen molar-refractivity contribution >= 4 is 27.8 Å². The lowest BCUT2D eigenvalue weighted by molar-refractivity contribution is -0.384. The zero-order valence-electron chi connectivity index (χ0n) is 11.1. The molecule has 1 amide bonds. The fraction of sp³-hybridized carbons (Fsp3) is 0. The predicted octanol–water partition coefficient (Wildman–Crippen LogP) is 2.07. The topological polar surface area (TPSA) is 133 Å². The van der Waals surface area contributed by atoms with Crippen molar-refractivity contribution < 1.29 is 18.1 Å². The largest absolute Gasteiger partial charge is 0.399 e. The lowest BCUT2D eigenvalue weighted by Crippen LogP contribution is -1.92. The van der Waals surface area contributed by atoms with Crippen LogP contribution in [0, 0.1) is 10.1 Å². The average Bonchev–Trinajstić information content (AvgIpc) is 2.48. The van der Waals surface area contributed by atoms with E-state index in [2.05, 4.69) is 4.36 Å². The molecule has 0 saturated carbocycles. The van der Waals surface area contributed by atoms with E-state index in [1.807, 2.05) is 0 Å². The molecule has 2 N–H and O–H groups in total. The van der Waals surface area contributed by atoms with Crippen LogP contribution in [-0.2, 0) is 10.5 Å². The number of amides is 1. The highest BCUT2D eigenvalue weighted by Gasteiger charge is 2.01. The fourth-order valence-electron chi connectivity index (χ4n) is 1.30. The first-order valence-corrected chi connectivity index (χ1v) is 6.83. The molecule has 0 radical (unpaired) electrons. The summed E-state index contributed by atoms with van der Waals surface area (Å²) in [5.41, 5.74) is 6.17. The molecule has 0 aromatic heterocycles. The van der Waals surface area contributed by atoms with Crippen LogP contribution in [0.2, 0.25) is 0 Å². The molecule has 0 unspecified atom stereocenters. The average molecular weight is 321 g/mol. The molecule has 9 heteroatoms. The van der Waals surface area contributed by atoms with Crippen LogP contribution in [0.25, 0.3) is 0 Å². The number of carbonyl (C=O) groups is 1. The summed E-state index contributed by atoms with van der Waals surface area (Å²) in [5.74, 6) is -0.746.